The lowest BCUT2D eigenvalue weighted by atomic mass is 10.2. The maximum atomic E-state index is 13.3. The highest BCUT2D eigenvalue weighted by atomic mass is 32.2. The molecule has 0 radical (unpaired) electrons. The van der Waals surface area contributed by atoms with Gasteiger partial charge in [-0.3, -0.25) is 0 Å². The third kappa shape index (κ3) is 3.89. The van der Waals surface area contributed by atoms with Gasteiger partial charge >= 0.3 is 0 Å². The summed E-state index contributed by atoms with van der Waals surface area (Å²) in [5.41, 5.74) is 1.33. The molecule has 1 aromatic heterocycles. The fourth-order valence-electron chi connectivity index (χ4n) is 3.30. The number of rotatable bonds is 5. The van der Waals surface area contributed by atoms with Gasteiger partial charge in [-0.25, -0.2) is 8.42 Å². The van der Waals surface area contributed by atoms with Crippen LogP contribution in [-0.4, -0.2) is 63.3 Å². The first-order valence-corrected chi connectivity index (χ1v) is 10.8. The molecule has 0 spiro atoms. The molecule has 2 heterocycles. The Morgan fingerprint density at radius 2 is 1.66 bits per heavy atom. The summed E-state index contributed by atoms with van der Waals surface area (Å²) in [7, 11) is -0.178. The fourth-order valence-corrected chi connectivity index (χ4v) is 4.92. The van der Waals surface area contributed by atoms with Crippen molar-refractivity contribution in [3.8, 4) is 28.7 Å². The Morgan fingerprint density at radius 3 is 2.31 bits per heavy atom. The van der Waals surface area contributed by atoms with Gasteiger partial charge in [-0.1, -0.05) is 18.2 Å². The first kappa shape index (κ1) is 19.6. The van der Waals surface area contributed by atoms with Crippen LogP contribution in [0.3, 0.4) is 0 Å². The highest BCUT2D eigenvalue weighted by Crippen LogP contribution is 2.32. The highest BCUT2D eigenvalue weighted by molar-refractivity contribution is 7.89. The molecule has 8 nitrogen and oxygen atoms in total. The molecule has 2 aromatic carbocycles. The molecule has 29 heavy (non-hydrogen) atoms. The van der Waals surface area contributed by atoms with E-state index in [-0.39, 0.29) is 10.8 Å². The molecule has 0 unspecified atom stereocenters. The van der Waals surface area contributed by atoms with Crippen LogP contribution < -0.4 is 9.64 Å². The van der Waals surface area contributed by atoms with Crippen molar-refractivity contribution in [2.24, 2.45) is 0 Å². The standard InChI is InChI=1S/C20H22N4O4S/c1-23-10-12-24(13-11-23)29(25,26)18-14-16(8-9-17(18)27-2)20-22-21-19(28-20)15-6-4-3-5-7-15/h3-9,14H,10-13H2,1-2H3/p+1. The highest BCUT2D eigenvalue weighted by Gasteiger charge is 2.32. The third-order valence-corrected chi connectivity index (χ3v) is 6.97. The van der Waals surface area contributed by atoms with Crippen LogP contribution in [0.25, 0.3) is 22.9 Å². The van der Waals surface area contributed by atoms with Gasteiger partial charge < -0.3 is 14.1 Å². The second-order valence-corrected chi connectivity index (χ2v) is 8.91. The molecule has 1 fully saturated rings. The minimum atomic E-state index is -3.70. The monoisotopic (exact) mass is 415 g/mol. The number of benzene rings is 2. The number of likely N-dealkylation sites (N-methyl/N-ethyl adjacent to an activating group) is 1. The normalized spacial score (nSPS) is 16.1. The van der Waals surface area contributed by atoms with Crippen LogP contribution in [0, 0.1) is 0 Å². The van der Waals surface area contributed by atoms with Crippen LogP contribution in [0.2, 0.25) is 0 Å². The summed E-state index contributed by atoms with van der Waals surface area (Å²) in [6.45, 7) is 2.48. The van der Waals surface area contributed by atoms with Crippen molar-refractivity contribution in [1.29, 1.82) is 0 Å². The third-order valence-electron chi connectivity index (χ3n) is 5.05. The Kier molecular flexibility index (Phi) is 5.35. The van der Waals surface area contributed by atoms with Crippen molar-refractivity contribution in [3.05, 3.63) is 48.5 Å². The maximum Gasteiger partial charge on any atom is 0.248 e. The summed E-state index contributed by atoms with van der Waals surface area (Å²) >= 11 is 0. The summed E-state index contributed by atoms with van der Waals surface area (Å²) in [6.07, 6.45) is 0. The van der Waals surface area contributed by atoms with Crippen molar-refractivity contribution in [1.82, 2.24) is 14.5 Å². The average molecular weight is 415 g/mol. The number of aromatic nitrogens is 2. The topological polar surface area (TPSA) is 90.0 Å². The largest absolute Gasteiger partial charge is 0.495 e. The average Bonchev–Trinajstić information content (AvgIpc) is 3.24. The number of nitrogens with one attached hydrogen (secondary N) is 1. The number of nitrogens with zero attached hydrogens (tertiary/aromatic N) is 3. The molecular formula is C20H23N4O4S+. The van der Waals surface area contributed by atoms with E-state index in [1.807, 2.05) is 30.3 Å². The van der Waals surface area contributed by atoms with Gasteiger partial charge in [0.25, 0.3) is 0 Å². The van der Waals surface area contributed by atoms with Gasteiger partial charge in [0, 0.05) is 11.1 Å². The van der Waals surface area contributed by atoms with E-state index in [0.29, 0.717) is 30.3 Å². The van der Waals surface area contributed by atoms with Crippen molar-refractivity contribution in [3.63, 3.8) is 0 Å². The Labute approximate surface area is 169 Å². The van der Waals surface area contributed by atoms with E-state index in [1.54, 1.807) is 18.2 Å². The van der Waals surface area contributed by atoms with Gasteiger partial charge in [-0.2, -0.15) is 4.31 Å². The molecule has 0 bridgehead atoms. The number of methoxy groups -OCH3 is 1. The van der Waals surface area contributed by atoms with Crippen LogP contribution in [0.5, 0.6) is 5.75 Å². The summed E-state index contributed by atoms with van der Waals surface area (Å²) in [6, 6.07) is 14.3. The second-order valence-electron chi connectivity index (χ2n) is 7.01. The van der Waals surface area contributed by atoms with Gasteiger partial charge in [0.1, 0.15) is 10.6 Å². The number of piperazine rings is 1. The SMILES string of the molecule is COc1ccc(-c2nnc(-c3ccccc3)o2)cc1S(=O)(=O)N1CC[NH+](C)CC1. The number of sulfonamides is 1. The predicted octanol–water partition coefficient (Wildman–Crippen LogP) is 0.931. The molecule has 9 heteroatoms. The van der Waals surface area contributed by atoms with E-state index in [2.05, 4.69) is 17.2 Å². The number of ether oxygens (including phenoxy) is 1. The van der Waals surface area contributed by atoms with Crippen LogP contribution in [-0.2, 0) is 10.0 Å². The Balaban J connectivity index is 1.70. The van der Waals surface area contributed by atoms with Gasteiger partial charge in [-0.15, -0.1) is 10.2 Å². The van der Waals surface area contributed by atoms with Crippen molar-refractivity contribution < 1.29 is 22.5 Å². The van der Waals surface area contributed by atoms with Gasteiger partial charge in [0.05, 0.1) is 40.3 Å². The number of quaternary nitrogens is 1. The predicted molar refractivity (Wildman–Crippen MR) is 107 cm³/mol. The first-order valence-electron chi connectivity index (χ1n) is 9.38. The lowest BCUT2D eigenvalue weighted by Crippen LogP contribution is -3.12. The fraction of sp³-hybridized carbons (Fsp3) is 0.300. The Hall–Kier alpha value is -2.75. The molecule has 0 saturated carbocycles. The second kappa shape index (κ2) is 7.94. The zero-order valence-electron chi connectivity index (χ0n) is 16.3. The zero-order valence-corrected chi connectivity index (χ0v) is 17.1. The summed E-state index contributed by atoms with van der Waals surface area (Å²) < 4.78 is 39.1. The van der Waals surface area contributed by atoms with E-state index in [0.717, 1.165) is 18.7 Å². The molecule has 0 amide bonds. The zero-order chi connectivity index (χ0) is 20.4. The van der Waals surface area contributed by atoms with Crippen LogP contribution in [0.1, 0.15) is 0 Å². The van der Waals surface area contributed by atoms with Gasteiger partial charge in [0.2, 0.25) is 21.8 Å². The quantitative estimate of drug-likeness (QED) is 0.667. The molecule has 1 aliphatic rings. The molecule has 0 atom stereocenters. The lowest BCUT2D eigenvalue weighted by Gasteiger charge is -2.29. The minimum absolute atomic E-state index is 0.108. The van der Waals surface area contributed by atoms with Crippen LogP contribution in [0.15, 0.2) is 57.8 Å². The molecule has 1 N–H and O–H groups in total. The van der Waals surface area contributed by atoms with Crippen molar-refractivity contribution in [2.45, 2.75) is 4.90 Å². The maximum absolute atomic E-state index is 13.3. The van der Waals surface area contributed by atoms with E-state index in [1.165, 1.54) is 16.3 Å². The van der Waals surface area contributed by atoms with E-state index in [9.17, 15) is 8.42 Å². The smallest absolute Gasteiger partial charge is 0.248 e. The number of hydrogen-bond acceptors (Lipinski definition) is 6. The minimum Gasteiger partial charge on any atom is -0.495 e. The molecule has 1 aliphatic heterocycles. The Bertz CT molecular complexity index is 1090. The molecule has 152 valence electrons. The van der Waals surface area contributed by atoms with E-state index < -0.39 is 10.0 Å². The van der Waals surface area contributed by atoms with Gasteiger partial charge in [0.15, 0.2) is 0 Å². The molecular weight excluding hydrogens is 392 g/mol. The first-order chi connectivity index (χ1) is 14.0. The molecule has 1 saturated heterocycles. The van der Waals surface area contributed by atoms with E-state index >= 15 is 0 Å². The number of hydrogen-bond donors (Lipinski definition) is 1. The molecule has 0 aliphatic carbocycles. The van der Waals surface area contributed by atoms with Crippen LogP contribution >= 0.6 is 0 Å². The summed E-state index contributed by atoms with van der Waals surface area (Å²) in [5.74, 6) is 0.927. The molecule has 3 aromatic rings. The van der Waals surface area contributed by atoms with Gasteiger partial charge in [-0.05, 0) is 30.3 Å². The summed E-state index contributed by atoms with van der Waals surface area (Å²) in [4.78, 5) is 1.42. The summed E-state index contributed by atoms with van der Waals surface area (Å²) in [5, 5.41) is 8.18. The Morgan fingerprint density at radius 1 is 1.00 bits per heavy atom. The molecule has 4 rings (SSSR count). The lowest BCUT2D eigenvalue weighted by molar-refractivity contribution is -0.883. The van der Waals surface area contributed by atoms with Crippen molar-refractivity contribution >= 4 is 10.0 Å². The van der Waals surface area contributed by atoms with Crippen molar-refractivity contribution in [2.75, 3.05) is 40.3 Å². The van der Waals surface area contributed by atoms with Crippen LogP contribution in [0.4, 0.5) is 0 Å². The van der Waals surface area contributed by atoms with E-state index in [4.69, 9.17) is 9.15 Å².